The van der Waals surface area contributed by atoms with Gasteiger partial charge in [-0.05, 0) is 105 Å². The summed E-state index contributed by atoms with van der Waals surface area (Å²) >= 11 is 0. The number of hydrogen-bond acceptors (Lipinski definition) is 10. The zero-order chi connectivity index (χ0) is 38.5. The second-order valence-electron chi connectivity index (χ2n) is 15.9. The quantitative estimate of drug-likeness (QED) is 0.0937. The molecule has 0 saturated heterocycles. The molecule has 292 valence electrons. The predicted molar refractivity (Wildman–Crippen MR) is 214 cm³/mol. The lowest BCUT2D eigenvalue weighted by Gasteiger charge is -2.39. The SMILES string of the molecule is C=C(c1c(OB(C)O)cnc2[nH]ccc12)[C@H]1C[C@@H](NS(=O)(=O)CCC(C)COB2C=C([C@H]3C[C@@H](NS(=O)(=O)CC4CCC4)C3)c3c(cnc4[nH]ccc34)O2)C1. The Morgan fingerprint density at radius 1 is 1.04 bits per heavy atom. The van der Waals surface area contributed by atoms with E-state index in [2.05, 4.69) is 36.0 Å². The molecule has 5 heterocycles. The molecule has 18 heteroatoms. The third-order valence-electron chi connectivity index (χ3n) is 11.6. The van der Waals surface area contributed by atoms with Gasteiger partial charge in [-0.15, -0.1) is 0 Å². The van der Waals surface area contributed by atoms with Crippen molar-refractivity contribution in [3.05, 3.63) is 60.6 Å². The highest BCUT2D eigenvalue weighted by atomic mass is 32.2. The maximum atomic E-state index is 13.1. The third-order valence-corrected chi connectivity index (χ3v) is 14.6. The van der Waals surface area contributed by atoms with Gasteiger partial charge in [0.05, 0.1) is 23.9 Å². The van der Waals surface area contributed by atoms with Crippen molar-refractivity contribution in [1.29, 1.82) is 0 Å². The van der Waals surface area contributed by atoms with E-state index in [1.165, 1.54) is 6.82 Å². The van der Waals surface area contributed by atoms with Crippen LogP contribution in [-0.2, 0) is 24.7 Å². The molecule has 0 radical (unpaired) electrons. The maximum absolute atomic E-state index is 13.1. The Balaban J connectivity index is 0.838. The van der Waals surface area contributed by atoms with Crippen molar-refractivity contribution in [3.63, 3.8) is 0 Å². The molecule has 14 nitrogen and oxygen atoms in total. The largest absolute Gasteiger partial charge is 0.555 e. The molecular formula is C37H48B2N6O8S2. The van der Waals surface area contributed by atoms with Crippen LogP contribution in [0.15, 0.2) is 49.5 Å². The van der Waals surface area contributed by atoms with E-state index < -0.39 is 34.3 Å². The number of aromatic nitrogens is 4. The van der Waals surface area contributed by atoms with Gasteiger partial charge in [0.2, 0.25) is 20.0 Å². The summed E-state index contributed by atoms with van der Waals surface area (Å²) < 4.78 is 75.7. The topological polar surface area (TPSA) is 198 Å². The third kappa shape index (κ3) is 8.40. The van der Waals surface area contributed by atoms with Crippen LogP contribution in [0.1, 0.15) is 69.4 Å². The molecule has 1 atom stereocenters. The summed E-state index contributed by atoms with van der Waals surface area (Å²) in [4.78, 5) is 15.1. The molecule has 55 heavy (non-hydrogen) atoms. The molecule has 0 aromatic carbocycles. The second-order valence-corrected chi connectivity index (χ2v) is 19.6. The summed E-state index contributed by atoms with van der Waals surface area (Å²) in [6, 6.07) is 3.56. The maximum Gasteiger partial charge on any atom is 0.555 e. The number of nitrogens with one attached hydrogen (secondary N) is 4. The van der Waals surface area contributed by atoms with Gasteiger partial charge in [-0.2, -0.15) is 0 Å². The van der Waals surface area contributed by atoms with Gasteiger partial charge in [0.25, 0.3) is 0 Å². The summed E-state index contributed by atoms with van der Waals surface area (Å²) in [5, 5.41) is 11.6. The Kier molecular flexibility index (Phi) is 10.7. The molecule has 3 fully saturated rings. The van der Waals surface area contributed by atoms with Crippen molar-refractivity contribution in [2.45, 2.75) is 77.2 Å². The van der Waals surface area contributed by atoms with Gasteiger partial charge in [0, 0.05) is 53.0 Å². The Morgan fingerprint density at radius 3 is 2.42 bits per heavy atom. The molecule has 3 aliphatic carbocycles. The van der Waals surface area contributed by atoms with Crippen molar-refractivity contribution in [2.24, 2.45) is 23.7 Å². The highest BCUT2D eigenvalue weighted by Gasteiger charge is 2.41. The molecule has 4 aliphatic rings. The first-order chi connectivity index (χ1) is 26.3. The van der Waals surface area contributed by atoms with Crippen LogP contribution in [0.3, 0.4) is 0 Å². The van der Waals surface area contributed by atoms with E-state index in [4.69, 9.17) is 14.0 Å². The van der Waals surface area contributed by atoms with Crippen LogP contribution in [0.5, 0.6) is 11.5 Å². The van der Waals surface area contributed by atoms with Crippen LogP contribution >= 0.6 is 0 Å². The fourth-order valence-corrected chi connectivity index (χ4v) is 11.5. The molecule has 1 aliphatic heterocycles. The molecule has 1 unspecified atom stereocenters. The Hall–Kier alpha value is -3.67. The van der Waals surface area contributed by atoms with E-state index in [-0.39, 0.29) is 53.9 Å². The Labute approximate surface area is 322 Å². The lowest BCUT2D eigenvalue weighted by Crippen LogP contribution is -2.47. The van der Waals surface area contributed by atoms with Crippen LogP contribution in [0.25, 0.3) is 33.2 Å². The molecule has 0 bridgehead atoms. The smallest absolute Gasteiger partial charge is 0.535 e. The van der Waals surface area contributed by atoms with Crippen LogP contribution in [0.2, 0.25) is 6.82 Å². The lowest BCUT2D eigenvalue weighted by molar-refractivity contribution is 0.225. The highest BCUT2D eigenvalue weighted by molar-refractivity contribution is 7.89. The zero-order valence-electron chi connectivity index (χ0n) is 31.2. The molecule has 8 rings (SSSR count). The van der Waals surface area contributed by atoms with Crippen LogP contribution < -0.4 is 18.8 Å². The van der Waals surface area contributed by atoms with E-state index in [0.717, 1.165) is 58.0 Å². The summed E-state index contributed by atoms with van der Waals surface area (Å²) in [5.74, 6) is 3.58. The highest BCUT2D eigenvalue weighted by Crippen LogP contribution is 2.47. The number of pyridine rings is 2. The standard InChI is InChI=1S/C37H48B2N6O8S2/c1-22(9-12-54(47,48)44-27-13-25(14-27)23(2)34-29-7-10-40-36(29)42-18-32(34)52-38(3)46)20-51-39-17-31(35-30-8-11-41-37(30)43-19-33(35)53-39)26-15-28(16-26)45-55(49,50)21-24-5-4-6-24/h7-8,10-11,17-19,22,24-28,44-46H,2,4-6,9,12-16,20-21H2,1,3H3,(H,40,42)(H,41,43)/t22?,25-,26-,27+,28+. The molecular weight excluding hydrogens is 742 g/mol. The summed E-state index contributed by atoms with van der Waals surface area (Å²) in [7, 11) is -8.58. The van der Waals surface area contributed by atoms with E-state index in [9.17, 15) is 21.9 Å². The number of fused-ring (bicyclic) bond motifs is 4. The van der Waals surface area contributed by atoms with Crippen molar-refractivity contribution >= 4 is 67.5 Å². The van der Waals surface area contributed by atoms with E-state index in [0.29, 0.717) is 49.3 Å². The zero-order valence-corrected chi connectivity index (χ0v) is 32.8. The lowest BCUT2D eigenvalue weighted by atomic mass is 9.68. The van der Waals surface area contributed by atoms with Crippen molar-refractivity contribution < 1.29 is 35.8 Å². The minimum Gasteiger partial charge on any atom is -0.535 e. The Morgan fingerprint density at radius 2 is 1.71 bits per heavy atom. The first kappa shape index (κ1) is 38.2. The normalized spacial score (nSPS) is 23.3. The van der Waals surface area contributed by atoms with Crippen molar-refractivity contribution in [2.75, 3.05) is 18.1 Å². The number of allylic oxidation sites excluding steroid dienone is 2. The van der Waals surface area contributed by atoms with Gasteiger partial charge < -0.3 is 29.0 Å². The molecule has 5 N–H and O–H groups in total. The van der Waals surface area contributed by atoms with E-state index >= 15 is 0 Å². The average molecular weight is 791 g/mol. The number of hydrogen-bond donors (Lipinski definition) is 5. The first-order valence-electron chi connectivity index (χ1n) is 19.3. The number of aromatic amines is 2. The molecule has 3 saturated carbocycles. The number of nitrogens with zero attached hydrogens (tertiary/aromatic N) is 2. The summed E-state index contributed by atoms with van der Waals surface area (Å²) in [6.07, 6.45) is 12.9. The number of rotatable bonds is 17. The molecule has 4 aromatic heterocycles. The fraction of sp³-hybridized carbons (Fsp3) is 0.514. The van der Waals surface area contributed by atoms with Gasteiger partial charge in [0.1, 0.15) is 22.8 Å². The summed E-state index contributed by atoms with van der Waals surface area (Å²) in [5.41, 5.74) is 5.03. The predicted octanol–water partition coefficient (Wildman–Crippen LogP) is 4.68. The first-order valence-corrected chi connectivity index (χ1v) is 22.6. The Bertz CT molecular complexity index is 2310. The molecule has 0 amide bonds. The van der Waals surface area contributed by atoms with Crippen LogP contribution in [-0.4, -0.2) is 86.2 Å². The van der Waals surface area contributed by atoms with E-state index in [1.807, 2.05) is 31.2 Å². The van der Waals surface area contributed by atoms with Gasteiger partial charge in [0.15, 0.2) is 0 Å². The molecule has 4 aromatic rings. The van der Waals surface area contributed by atoms with Gasteiger partial charge in [-0.1, -0.05) is 19.9 Å². The van der Waals surface area contributed by atoms with Crippen molar-refractivity contribution in [3.8, 4) is 11.5 Å². The minimum absolute atomic E-state index is 0.0364. The van der Waals surface area contributed by atoms with Gasteiger partial charge in [-0.3, -0.25) is 0 Å². The fourth-order valence-electron chi connectivity index (χ4n) is 8.24. The average Bonchev–Trinajstić information content (AvgIpc) is 3.77. The van der Waals surface area contributed by atoms with Gasteiger partial charge in [-0.25, -0.2) is 36.2 Å². The number of sulfonamides is 2. The summed E-state index contributed by atoms with van der Waals surface area (Å²) in [6.45, 7) is 8.11. The van der Waals surface area contributed by atoms with Gasteiger partial charge >= 0.3 is 14.2 Å². The van der Waals surface area contributed by atoms with Crippen molar-refractivity contribution in [1.82, 2.24) is 29.4 Å². The molecule has 0 spiro atoms. The number of H-pyrrole nitrogens is 2. The van der Waals surface area contributed by atoms with Crippen LogP contribution in [0.4, 0.5) is 0 Å². The minimum atomic E-state index is -3.55. The second kappa shape index (κ2) is 15.3. The monoisotopic (exact) mass is 790 g/mol. The van der Waals surface area contributed by atoms with Crippen LogP contribution in [0, 0.1) is 23.7 Å². The van der Waals surface area contributed by atoms with E-state index in [1.54, 1.807) is 18.6 Å².